The van der Waals surface area contributed by atoms with Crippen LogP contribution in [0, 0.1) is 6.92 Å². The summed E-state index contributed by atoms with van der Waals surface area (Å²) >= 11 is 0. The van der Waals surface area contributed by atoms with Gasteiger partial charge in [-0.3, -0.25) is 0 Å². The lowest BCUT2D eigenvalue weighted by Gasteiger charge is -1.99. The summed E-state index contributed by atoms with van der Waals surface area (Å²) in [4.78, 5) is 0. The molecule has 0 N–H and O–H groups in total. The number of nitrogens with zero attached hydrogens (tertiary/aromatic N) is 1. The minimum atomic E-state index is 0.951. The fraction of sp³-hybridized carbons (Fsp3) is 0.250. The molecule has 14 heavy (non-hydrogen) atoms. The number of hydrogen-bond donors (Lipinski definition) is 0. The zero-order valence-electron chi connectivity index (χ0n) is 8.45. The van der Waals surface area contributed by atoms with Gasteiger partial charge in [0.2, 0.25) is 0 Å². The molecule has 0 saturated heterocycles. The molecule has 0 saturated carbocycles. The molecular formula is C12H13NO. The Morgan fingerprint density at radius 1 is 1.36 bits per heavy atom. The Morgan fingerprint density at radius 3 is 2.93 bits per heavy atom. The summed E-state index contributed by atoms with van der Waals surface area (Å²) in [6.45, 7) is 4.18. The van der Waals surface area contributed by atoms with Gasteiger partial charge in [0, 0.05) is 11.1 Å². The zero-order chi connectivity index (χ0) is 9.97. The highest BCUT2D eigenvalue weighted by Gasteiger charge is 2.07. The maximum absolute atomic E-state index is 4.98. The van der Waals surface area contributed by atoms with Gasteiger partial charge in [0.25, 0.3) is 0 Å². The van der Waals surface area contributed by atoms with E-state index in [1.807, 2.05) is 6.07 Å². The first-order valence-electron chi connectivity index (χ1n) is 4.81. The van der Waals surface area contributed by atoms with Crippen molar-refractivity contribution in [1.82, 2.24) is 5.16 Å². The van der Waals surface area contributed by atoms with Gasteiger partial charge in [-0.2, -0.15) is 0 Å². The van der Waals surface area contributed by atoms with Crippen molar-refractivity contribution in [3.05, 3.63) is 41.7 Å². The molecule has 0 amide bonds. The van der Waals surface area contributed by atoms with Gasteiger partial charge in [-0.15, -0.1) is 0 Å². The molecule has 0 fully saturated rings. The van der Waals surface area contributed by atoms with Crippen molar-refractivity contribution in [3.8, 4) is 11.3 Å². The average Bonchev–Trinajstić information content (AvgIpc) is 2.65. The first kappa shape index (κ1) is 9.00. The summed E-state index contributed by atoms with van der Waals surface area (Å²) in [5, 5.41) is 4.02. The molecular weight excluding hydrogens is 174 g/mol. The molecule has 2 aromatic rings. The Labute approximate surface area is 83.5 Å². The van der Waals surface area contributed by atoms with Crippen LogP contribution >= 0.6 is 0 Å². The number of hydrogen-bond acceptors (Lipinski definition) is 2. The number of rotatable bonds is 2. The van der Waals surface area contributed by atoms with Gasteiger partial charge in [-0.05, 0) is 19.4 Å². The van der Waals surface area contributed by atoms with Gasteiger partial charge in [0.15, 0.2) is 0 Å². The van der Waals surface area contributed by atoms with Crippen molar-refractivity contribution in [2.45, 2.75) is 20.3 Å². The van der Waals surface area contributed by atoms with E-state index in [0.29, 0.717) is 0 Å². The summed E-state index contributed by atoms with van der Waals surface area (Å²) in [7, 11) is 0. The van der Waals surface area contributed by atoms with E-state index in [0.717, 1.165) is 23.2 Å². The van der Waals surface area contributed by atoms with E-state index in [9.17, 15) is 0 Å². The fourth-order valence-corrected chi connectivity index (χ4v) is 1.54. The zero-order valence-corrected chi connectivity index (χ0v) is 8.45. The van der Waals surface area contributed by atoms with Crippen molar-refractivity contribution >= 4 is 0 Å². The molecule has 2 heteroatoms. The van der Waals surface area contributed by atoms with Crippen LogP contribution in [0.25, 0.3) is 11.3 Å². The van der Waals surface area contributed by atoms with Crippen LogP contribution in [0.15, 0.2) is 35.1 Å². The second kappa shape index (κ2) is 3.66. The summed E-state index contributed by atoms with van der Waals surface area (Å²) < 4.78 is 4.98. The van der Waals surface area contributed by atoms with E-state index in [4.69, 9.17) is 4.52 Å². The maximum Gasteiger partial charge on any atom is 0.127 e. The fourth-order valence-electron chi connectivity index (χ4n) is 1.54. The molecule has 0 spiro atoms. The van der Waals surface area contributed by atoms with E-state index in [1.165, 1.54) is 5.56 Å². The predicted molar refractivity (Wildman–Crippen MR) is 56.1 cm³/mol. The van der Waals surface area contributed by atoms with E-state index < -0.39 is 0 Å². The molecule has 0 radical (unpaired) electrons. The maximum atomic E-state index is 4.98. The minimum absolute atomic E-state index is 0.951. The number of benzene rings is 1. The van der Waals surface area contributed by atoms with E-state index in [2.05, 4.69) is 37.2 Å². The monoisotopic (exact) mass is 187 g/mol. The highest BCUT2D eigenvalue weighted by Crippen LogP contribution is 2.22. The lowest BCUT2D eigenvalue weighted by Crippen LogP contribution is -1.84. The molecule has 0 aliphatic rings. The molecule has 1 aromatic heterocycles. The van der Waals surface area contributed by atoms with Crippen molar-refractivity contribution in [2.24, 2.45) is 0 Å². The quantitative estimate of drug-likeness (QED) is 0.721. The van der Waals surface area contributed by atoms with Gasteiger partial charge in [0.1, 0.15) is 12.0 Å². The van der Waals surface area contributed by atoms with Gasteiger partial charge in [0.05, 0.1) is 0 Å². The van der Waals surface area contributed by atoms with E-state index in [1.54, 1.807) is 6.26 Å². The first-order chi connectivity index (χ1) is 6.81. The van der Waals surface area contributed by atoms with Crippen LogP contribution in [0.2, 0.25) is 0 Å². The standard InChI is InChI=1S/C12H13NO/c1-3-10-8-14-13-12(10)11-6-4-5-9(2)7-11/h4-8H,3H2,1-2H3. The van der Waals surface area contributed by atoms with Crippen molar-refractivity contribution in [2.75, 3.05) is 0 Å². The Balaban J connectivity index is 2.49. The van der Waals surface area contributed by atoms with Crippen LogP contribution in [-0.2, 0) is 6.42 Å². The lowest BCUT2D eigenvalue weighted by molar-refractivity contribution is 0.421. The normalized spacial score (nSPS) is 10.4. The van der Waals surface area contributed by atoms with Crippen LogP contribution in [0.5, 0.6) is 0 Å². The molecule has 0 aliphatic heterocycles. The first-order valence-corrected chi connectivity index (χ1v) is 4.81. The molecule has 1 heterocycles. The Kier molecular flexibility index (Phi) is 2.35. The molecule has 0 atom stereocenters. The number of aryl methyl sites for hydroxylation is 2. The molecule has 0 unspecified atom stereocenters. The average molecular weight is 187 g/mol. The highest BCUT2D eigenvalue weighted by molar-refractivity contribution is 5.62. The van der Waals surface area contributed by atoms with E-state index in [-0.39, 0.29) is 0 Å². The Hall–Kier alpha value is -1.57. The van der Waals surface area contributed by atoms with Crippen LogP contribution in [-0.4, -0.2) is 5.16 Å². The second-order valence-electron chi connectivity index (χ2n) is 3.41. The lowest BCUT2D eigenvalue weighted by atomic mass is 10.0. The SMILES string of the molecule is CCc1conc1-c1cccc(C)c1. The topological polar surface area (TPSA) is 26.0 Å². The highest BCUT2D eigenvalue weighted by atomic mass is 16.5. The summed E-state index contributed by atoms with van der Waals surface area (Å²) in [6, 6.07) is 8.30. The van der Waals surface area contributed by atoms with Crippen molar-refractivity contribution in [1.29, 1.82) is 0 Å². The largest absolute Gasteiger partial charge is 0.364 e. The van der Waals surface area contributed by atoms with Crippen LogP contribution in [0.4, 0.5) is 0 Å². The molecule has 2 rings (SSSR count). The Morgan fingerprint density at radius 2 is 2.21 bits per heavy atom. The summed E-state index contributed by atoms with van der Waals surface area (Å²) in [5.41, 5.74) is 4.51. The summed E-state index contributed by atoms with van der Waals surface area (Å²) in [5.74, 6) is 0. The molecule has 2 nitrogen and oxygen atoms in total. The smallest absolute Gasteiger partial charge is 0.127 e. The molecule has 0 bridgehead atoms. The predicted octanol–water partition coefficient (Wildman–Crippen LogP) is 3.21. The van der Waals surface area contributed by atoms with Crippen molar-refractivity contribution in [3.63, 3.8) is 0 Å². The van der Waals surface area contributed by atoms with Crippen LogP contribution < -0.4 is 0 Å². The summed E-state index contributed by atoms with van der Waals surface area (Å²) in [6.07, 6.45) is 2.67. The van der Waals surface area contributed by atoms with E-state index >= 15 is 0 Å². The number of aromatic nitrogens is 1. The third-order valence-corrected chi connectivity index (χ3v) is 2.32. The molecule has 1 aromatic carbocycles. The van der Waals surface area contributed by atoms with Crippen LogP contribution in [0.1, 0.15) is 18.1 Å². The van der Waals surface area contributed by atoms with Gasteiger partial charge in [-0.1, -0.05) is 35.8 Å². The molecule has 72 valence electrons. The van der Waals surface area contributed by atoms with Gasteiger partial charge in [-0.25, -0.2) is 0 Å². The minimum Gasteiger partial charge on any atom is -0.364 e. The Bertz CT molecular complexity index is 431. The third-order valence-electron chi connectivity index (χ3n) is 2.32. The second-order valence-corrected chi connectivity index (χ2v) is 3.41. The molecule has 0 aliphatic carbocycles. The van der Waals surface area contributed by atoms with Gasteiger partial charge >= 0.3 is 0 Å². The van der Waals surface area contributed by atoms with Crippen molar-refractivity contribution < 1.29 is 4.52 Å². The van der Waals surface area contributed by atoms with Gasteiger partial charge < -0.3 is 4.52 Å². The van der Waals surface area contributed by atoms with Crippen LogP contribution in [0.3, 0.4) is 0 Å². The third kappa shape index (κ3) is 1.55.